The predicted molar refractivity (Wildman–Crippen MR) is 79.1 cm³/mol. The van der Waals surface area contributed by atoms with Gasteiger partial charge < -0.3 is 9.64 Å². The van der Waals surface area contributed by atoms with Gasteiger partial charge in [0.25, 0.3) is 0 Å². The molecule has 98 valence electrons. The molecule has 0 unspecified atom stereocenters. The van der Waals surface area contributed by atoms with Crippen LogP contribution in [0.5, 0.6) is 5.75 Å². The van der Waals surface area contributed by atoms with Crippen molar-refractivity contribution in [2.24, 2.45) is 0 Å². The molecule has 0 fully saturated rings. The predicted octanol–water partition coefficient (Wildman–Crippen LogP) is 3.30. The van der Waals surface area contributed by atoms with Crippen molar-refractivity contribution in [1.29, 1.82) is 0 Å². The number of hydrogen-bond acceptors (Lipinski definition) is 2. The van der Waals surface area contributed by atoms with Crippen LogP contribution in [0.3, 0.4) is 0 Å². The third kappa shape index (κ3) is 2.73. The first-order chi connectivity index (χ1) is 9.33. The van der Waals surface area contributed by atoms with Crippen LogP contribution in [0.4, 0.5) is 5.69 Å². The summed E-state index contributed by atoms with van der Waals surface area (Å²) in [6, 6.07) is 17.2. The fraction of sp³-hybridized carbons (Fsp3) is 0.294. The lowest BCUT2D eigenvalue weighted by molar-refractivity contribution is 0.311. The van der Waals surface area contributed by atoms with Gasteiger partial charge >= 0.3 is 0 Å². The molecule has 0 radical (unpaired) electrons. The summed E-state index contributed by atoms with van der Waals surface area (Å²) in [5.74, 6) is 1.03. The Bertz CT molecular complexity index is 550. The molecule has 0 saturated heterocycles. The zero-order valence-electron chi connectivity index (χ0n) is 11.3. The van der Waals surface area contributed by atoms with E-state index in [2.05, 4.69) is 60.5 Å². The molecule has 0 spiro atoms. The van der Waals surface area contributed by atoms with Crippen molar-refractivity contribution in [3.63, 3.8) is 0 Å². The Morgan fingerprint density at radius 1 is 1.00 bits per heavy atom. The van der Waals surface area contributed by atoms with E-state index in [1.54, 1.807) is 0 Å². The number of fused-ring (bicyclic) bond motifs is 1. The summed E-state index contributed by atoms with van der Waals surface area (Å²) in [5, 5.41) is 0. The highest BCUT2D eigenvalue weighted by Crippen LogP contribution is 2.31. The average Bonchev–Trinajstić information content (AvgIpc) is 2.46. The highest BCUT2D eigenvalue weighted by atomic mass is 16.5. The van der Waals surface area contributed by atoms with E-state index >= 15 is 0 Å². The monoisotopic (exact) mass is 253 g/mol. The maximum atomic E-state index is 5.74. The minimum atomic E-state index is 0.783. The summed E-state index contributed by atoms with van der Waals surface area (Å²) in [5.41, 5.74) is 3.94. The van der Waals surface area contributed by atoms with Gasteiger partial charge in [0.05, 0.1) is 12.2 Å². The van der Waals surface area contributed by atoms with Gasteiger partial charge in [0.2, 0.25) is 0 Å². The maximum absolute atomic E-state index is 5.74. The number of rotatable bonds is 3. The van der Waals surface area contributed by atoms with E-state index in [-0.39, 0.29) is 0 Å². The lowest BCUT2D eigenvalue weighted by Crippen LogP contribution is -2.28. The third-order valence-electron chi connectivity index (χ3n) is 3.66. The number of likely N-dealkylation sites (N-methyl/N-ethyl adjacent to an activating group) is 1. The molecule has 0 amide bonds. The zero-order chi connectivity index (χ0) is 13.1. The molecule has 2 nitrogen and oxygen atoms in total. The number of ether oxygens (including phenoxy) is 1. The molecule has 1 aliphatic heterocycles. The molecule has 2 aromatic carbocycles. The summed E-state index contributed by atoms with van der Waals surface area (Å²) in [6.45, 7) is 1.75. The summed E-state index contributed by atoms with van der Waals surface area (Å²) in [6.07, 6.45) is 2.14. The molecule has 0 atom stereocenters. The number of nitrogens with zero attached hydrogens (tertiary/aromatic N) is 1. The van der Waals surface area contributed by atoms with Crippen molar-refractivity contribution in [2.75, 3.05) is 25.1 Å². The quantitative estimate of drug-likeness (QED) is 0.832. The Kier molecular flexibility index (Phi) is 3.41. The van der Waals surface area contributed by atoms with E-state index in [0.29, 0.717) is 0 Å². The van der Waals surface area contributed by atoms with Crippen molar-refractivity contribution < 1.29 is 4.74 Å². The second-order valence-electron chi connectivity index (χ2n) is 5.06. The van der Waals surface area contributed by atoms with Crippen LogP contribution in [-0.2, 0) is 12.8 Å². The van der Waals surface area contributed by atoms with E-state index in [4.69, 9.17) is 4.74 Å². The lowest BCUT2D eigenvalue weighted by Gasteiger charge is -2.28. The highest BCUT2D eigenvalue weighted by Gasteiger charge is 2.14. The fourth-order valence-electron chi connectivity index (χ4n) is 2.49. The van der Waals surface area contributed by atoms with Crippen LogP contribution < -0.4 is 9.64 Å². The standard InChI is InChI=1S/C17H19NO/c1-18-11-12-19-17-13-15(9-10-16(17)18)8-7-14-5-3-2-4-6-14/h2-6,9-10,13H,7-8,11-12H2,1H3. The van der Waals surface area contributed by atoms with Crippen LogP contribution in [0.25, 0.3) is 0 Å². The van der Waals surface area contributed by atoms with Crippen molar-refractivity contribution in [3.05, 3.63) is 59.7 Å². The number of benzene rings is 2. The Hall–Kier alpha value is -1.96. The Balaban J connectivity index is 1.72. The van der Waals surface area contributed by atoms with Crippen molar-refractivity contribution in [1.82, 2.24) is 0 Å². The van der Waals surface area contributed by atoms with Crippen molar-refractivity contribution >= 4 is 5.69 Å². The summed E-state index contributed by atoms with van der Waals surface area (Å²) in [7, 11) is 2.12. The third-order valence-corrected chi connectivity index (χ3v) is 3.66. The molecule has 0 bridgehead atoms. The van der Waals surface area contributed by atoms with E-state index in [0.717, 1.165) is 31.7 Å². The first-order valence-electron chi connectivity index (χ1n) is 6.84. The normalized spacial score (nSPS) is 13.8. The van der Waals surface area contributed by atoms with Crippen LogP contribution in [0, 0.1) is 0 Å². The van der Waals surface area contributed by atoms with Gasteiger partial charge in [-0.3, -0.25) is 0 Å². The first kappa shape index (κ1) is 12.1. The molecule has 19 heavy (non-hydrogen) atoms. The lowest BCUT2D eigenvalue weighted by atomic mass is 10.0. The zero-order valence-corrected chi connectivity index (χ0v) is 11.3. The molecule has 1 aliphatic rings. The Morgan fingerprint density at radius 2 is 1.79 bits per heavy atom. The molecular weight excluding hydrogens is 234 g/mol. The largest absolute Gasteiger partial charge is 0.490 e. The SMILES string of the molecule is CN1CCOc2cc(CCc3ccccc3)ccc21. The number of anilines is 1. The molecule has 0 aliphatic carbocycles. The second-order valence-corrected chi connectivity index (χ2v) is 5.06. The van der Waals surface area contributed by atoms with Crippen LogP contribution in [-0.4, -0.2) is 20.2 Å². The van der Waals surface area contributed by atoms with Gasteiger partial charge in [0, 0.05) is 7.05 Å². The van der Waals surface area contributed by atoms with Crippen LogP contribution in [0.15, 0.2) is 48.5 Å². The van der Waals surface area contributed by atoms with Crippen LogP contribution in [0.2, 0.25) is 0 Å². The van der Waals surface area contributed by atoms with Gasteiger partial charge in [0.1, 0.15) is 12.4 Å². The molecule has 0 saturated carbocycles. The number of aryl methyl sites for hydroxylation is 2. The van der Waals surface area contributed by atoms with E-state index in [9.17, 15) is 0 Å². The molecule has 1 heterocycles. The van der Waals surface area contributed by atoms with Crippen LogP contribution >= 0.6 is 0 Å². The minimum Gasteiger partial charge on any atom is -0.490 e. The summed E-state index contributed by atoms with van der Waals surface area (Å²) < 4.78 is 5.74. The topological polar surface area (TPSA) is 12.5 Å². The van der Waals surface area contributed by atoms with Gasteiger partial charge in [0.15, 0.2) is 0 Å². The van der Waals surface area contributed by atoms with Gasteiger partial charge in [-0.25, -0.2) is 0 Å². The highest BCUT2D eigenvalue weighted by molar-refractivity contribution is 5.60. The second kappa shape index (κ2) is 5.35. The summed E-state index contributed by atoms with van der Waals surface area (Å²) in [4.78, 5) is 2.25. The average molecular weight is 253 g/mol. The van der Waals surface area contributed by atoms with Gasteiger partial charge in [-0.1, -0.05) is 36.4 Å². The van der Waals surface area contributed by atoms with E-state index in [1.807, 2.05) is 0 Å². The van der Waals surface area contributed by atoms with E-state index < -0.39 is 0 Å². The molecule has 3 rings (SSSR count). The molecule has 0 aromatic heterocycles. The van der Waals surface area contributed by atoms with Crippen LogP contribution in [0.1, 0.15) is 11.1 Å². The summed E-state index contributed by atoms with van der Waals surface area (Å²) >= 11 is 0. The maximum Gasteiger partial charge on any atom is 0.142 e. The molecule has 0 N–H and O–H groups in total. The van der Waals surface area contributed by atoms with Crippen molar-refractivity contribution in [2.45, 2.75) is 12.8 Å². The minimum absolute atomic E-state index is 0.783. The molecule has 2 aromatic rings. The van der Waals surface area contributed by atoms with Gasteiger partial charge in [-0.2, -0.15) is 0 Å². The smallest absolute Gasteiger partial charge is 0.142 e. The Labute approximate surface area is 114 Å². The van der Waals surface area contributed by atoms with Gasteiger partial charge in [-0.05, 0) is 36.1 Å². The van der Waals surface area contributed by atoms with E-state index in [1.165, 1.54) is 16.8 Å². The fourth-order valence-corrected chi connectivity index (χ4v) is 2.49. The Morgan fingerprint density at radius 3 is 2.63 bits per heavy atom. The van der Waals surface area contributed by atoms with Gasteiger partial charge in [-0.15, -0.1) is 0 Å². The first-order valence-corrected chi connectivity index (χ1v) is 6.84. The molecule has 2 heteroatoms. The number of hydrogen-bond donors (Lipinski definition) is 0. The molecular formula is C17H19NO. The van der Waals surface area contributed by atoms with Crippen molar-refractivity contribution in [3.8, 4) is 5.75 Å².